The van der Waals surface area contributed by atoms with Crippen LogP contribution in [0.5, 0.6) is 11.5 Å². The first-order valence-corrected chi connectivity index (χ1v) is 20.2. The van der Waals surface area contributed by atoms with Crippen molar-refractivity contribution in [3.63, 3.8) is 0 Å². The van der Waals surface area contributed by atoms with Crippen molar-refractivity contribution in [1.82, 2.24) is 4.90 Å². The third kappa shape index (κ3) is 12.3. The van der Waals surface area contributed by atoms with Crippen LogP contribution < -0.4 is 9.47 Å². The van der Waals surface area contributed by atoms with E-state index in [1.165, 1.54) is 144 Å². The summed E-state index contributed by atoms with van der Waals surface area (Å²) in [5, 5.41) is 0. The molecule has 0 atom stereocenters. The second-order valence-corrected chi connectivity index (χ2v) is 15.7. The fraction of sp³-hybridized carbons (Fsp3) is 0.775. The van der Waals surface area contributed by atoms with Crippen LogP contribution in [0.2, 0.25) is 0 Å². The third-order valence-corrected chi connectivity index (χ3v) is 11.2. The Hall–Kier alpha value is -1.46. The van der Waals surface area contributed by atoms with Gasteiger partial charge < -0.3 is 14.4 Å². The molecule has 45 heavy (non-hydrogen) atoms. The van der Waals surface area contributed by atoms with Gasteiger partial charge in [0.05, 0.1) is 5.56 Å². The number of thioether (sulfide) groups is 1. The second kappa shape index (κ2) is 20.0. The van der Waals surface area contributed by atoms with E-state index in [9.17, 15) is 4.79 Å². The van der Waals surface area contributed by atoms with Crippen molar-refractivity contribution in [2.45, 2.75) is 168 Å². The largest absolute Gasteiger partial charge is 0.483 e. The van der Waals surface area contributed by atoms with Gasteiger partial charge in [-0.05, 0) is 94.2 Å². The molecule has 0 spiro atoms. The number of carbonyl (C=O) groups excluding carboxylic acids is 1. The molecule has 2 aliphatic heterocycles. The molecule has 4 nitrogen and oxygen atoms in total. The van der Waals surface area contributed by atoms with Crippen LogP contribution >= 0.6 is 11.8 Å². The van der Waals surface area contributed by atoms with Gasteiger partial charge in [0, 0.05) is 31.0 Å². The normalized spacial score (nSPS) is 17.7. The lowest BCUT2D eigenvalue weighted by molar-refractivity contribution is -0.134. The second-order valence-electron chi connectivity index (χ2n) is 14.5. The molecule has 2 heterocycles. The summed E-state index contributed by atoms with van der Waals surface area (Å²) < 4.78 is 12.8. The maximum absolute atomic E-state index is 13.1. The van der Waals surface area contributed by atoms with E-state index in [1.54, 1.807) is 0 Å². The number of hydrogen-bond donors (Lipinski definition) is 0. The molecule has 0 radical (unpaired) electrons. The van der Waals surface area contributed by atoms with Gasteiger partial charge in [0.25, 0.3) is 0 Å². The van der Waals surface area contributed by atoms with Crippen molar-refractivity contribution in [3.05, 3.63) is 28.8 Å². The summed E-state index contributed by atoms with van der Waals surface area (Å²) in [5.74, 6) is 4.16. The van der Waals surface area contributed by atoms with Crippen LogP contribution in [-0.2, 0) is 11.2 Å². The van der Waals surface area contributed by atoms with Gasteiger partial charge in [-0.25, -0.2) is 0 Å². The summed E-state index contributed by atoms with van der Waals surface area (Å²) in [6.07, 6.45) is 26.9. The number of carbonyl (C=O) groups is 1. The van der Waals surface area contributed by atoms with Crippen molar-refractivity contribution < 1.29 is 14.3 Å². The standard InChI is InChI=1S/C40H65NO3S/c1-4-5-6-7-8-9-10-11-12-13-15-18-22-33-31-36(39-34-23-21-24-35(34)40(2,3)44-37(39)32-33)43-38(42)25-19-16-14-17-20-26-41-27-29-45-30-28-41/h31-32H,4-30H2,1-3H3. The smallest absolute Gasteiger partial charge is 0.311 e. The number of ether oxygens (including phenoxy) is 2. The minimum atomic E-state index is -0.290. The van der Waals surface area contributed by atoms with Crippen molar-refractivity contribution in [1.29, 1.82) is 0 Å². The average Bonchev–Trinajstić information content (AvgIpc) is 3.53. The Kier molecular flexibility index (Phi) is 16.2. The summed E-state index contributed by atoms with van der Waals surface area (Å²) in [4.78, 5) is 15.7. The molecule has 254 valence electrons. The minimum Gasteiger partial charge on any atom is -0.483 e. The van der Waals surface area contributed by atoms with E-state index in [4.69, 9.17) is 9.47 Å². The van der Waals surface area contributed by atoms with Gasteiger partial charge in [-0.3, -0.25) is 4.79 Å². The summed E-state index contributed by atoms with van der Waals surface area (Å²) in [6, 6.07) is 4.41. The first kappa shape index (κ1) is 36.4. The predicted molar refractivity (Wildman–Crippen MR) is 194 cm³/mol. The van der Waals surface area contributed by atoms with Gasteiger partial charge in [0.1, 0.15) is 17.1 Å². The Labute approximate surface area is 280 Å². The molecule has 0 bridgehead atoms. The fourth-order valence-corrected chi connectivity index (χ4v) is 8.55. The molecular formula is C40H65NO3S. The van der Waals surface area contributed by atoms with Gasteiger partial charge in [0.2, 0.25) is 0 Å². The molecule has 0 N–H and O–H groups in total. The molecule has 0 unspecified atom stereocenters. The van der Waals surface area contributed by atoms with Crippen LogP contribution in [0.4, 0.5) is 0 Å². The Bertz CT molecular complexity index is 1060. The number of unbranched alkanes of at least 4 members (excludes halogenated alkanes) is 15. The Morgan fingerprint density at radius 2 is 1.44 bits per heavy atom. The number of fused-ring (bicyclic) bond motifs is 2. The molecule has 1 aromatic carbocycles. The van der Waals surface area contributed by atoms with E-state index in [1.807, 2.05) is 0 Å². The summed E-state index contributed by atoms with van der Waals surface area (Å²) in [6.45, 7) is 10.4. The molecule has 1 saturated heterocycles. The Morgan fingerprint density at radius 3 is 2.13 bits per heavy atom. The number of allylic oxidation sites excluding steroid dienone is 1. The maximum atomic E-state index is 13.1. The van der Waals surface area contributed by atoms with Crippen LogP contribution in [0.15, 0.2) is 17.7 Å². The van der Waals surface area contributed by atoms with E-state index in [0.29, 0.717) is 6.42 Å². The number of rotatable bonds is 22. The van der Waals surface area contributed by atoms with Crippen LogP contribution in [0.1, 0.15) is 167 Å². The molecule has 1 aliphatic carbocycles. The zero-order valence-corrected chi connectivity index (χ0v) is 30.1. The minimum absolute atomic E-state index is 0.0875. The molecular weight excluding hydrogens is 575 g/mol. The highest BCUT2D eigenvalue weighted by Gasteiger charge is 2.39. The molecule has 0 aromatic heterocycles. The molecule has 0 saturated carbocycles. The lowest BCUT2D eigenvalue weighted by atomic mass is 9.86. The van der Waals surface area contributed by atoms with E-state index < -0.39 is 0 Å². The molecule has 3 aliphatic rings. The van der Waals surface area contributed by atoms with E-state index in [-0.39, 0.29) is 11.6 Å². The molecule has 1 fully saturated rings. The van der Waals surface area contributed by atoms with Gasteiger partial charge in [-0.2, -0.15) is 11.8 Å². The van der Waals surface area contributed by atoms with Crippen molar-refractivity contribution in [3.8, 4) is 11.5 Å². The highest BCUT2D eigenvalue weighted by molar-refractivity contribution is 7.99. The monoisotopic (exact) mass is 639 g/mol. The van der Waals surface area contributed by atoms with Crippen LogP contribution in [-0.4, -0.2) is 47.6 Å². The zero-order chi connectivity index (χ0) is 31.7. The zero-order valence-electron chi connectivity index (χ0n) is 29.3. The van der Waals surface area contributed by atoms with Crippen LogP contribution in [0.25, 0.3) is 5.57 Å². The first-order chi connectivity index (χ1) is 22.0. The number of benzene rings is 1. The van der Waals surface area contributed by atoms with Crippen LogP contribution in [0.3, 0.4) is 0 Å². The van der Waals surface area contributed by atoms with E-state index >= 15 is 0 Å². The van der Waals surface area contributed by atoms with Gasteiger partial charge in [0.15, 0.2) is 0 Å². The SMILES string of the molecule is CCCCCCCCCCCCCCc1cc(OC(=O)CCCCCCCN2CCSCC2)c2c(c1)OC(C)(C)C1=C2CCC1. The van der Waals surface area contributed by atoms with Crippen molar-refractivity contribution >= 4 is 23.3 Å². The quantitative estimate of drug-likeness (QED) is 0.0717. The predicted octanol–water partition coefficient (Wildman–Crippen LogP) is 11.3. The summed E-state index contributed by atoms with van der Waals surface area (Å²) >= 11 is 2.08. The number of aryl methyl sites for hydroxylation is 1. The lowest BCUT2D eigenvalue weighted by Gasteiger charge is -2.35. The Morgan fingerprint density at radius 1 is 0.822 bits per heavy atom. The molecule has 0 amide bonds. The summed E-state index contributed by atoms with van der Waals surface area (Å²) in [7, 11) is 0. The van der Waals surface area contributed by atoms with Gasteiger partial charge >= 0.3 is 5.97 Å². The fourth-order valence-electron chi connectivity index (χ4n) is 7.57. The molecule has 1 aromatic rings. The number of nitrogens with zero attached hydrogens (tertiary/aromatic N) is 1. The lowest BCUT2D eigenvalue weighted by Crippen LogP contribution is -2.33. The number of hydrogen-bond acceptors (Lipinski definition) is 5. The van der Waals surface area contributed by atoms with Gasteiger partial charge in [-0.15, -0.1) is 0 Å². The third-order valence-electron chi connectivity index (χ3n) is 10.2. The average molecular weight is 640 g/mol. The van der Waals surface area contributed by atoms with Crippen molar-refractivity contribution in [2.24, 2.45) is 0 Å². The summed E-state index contributed by atoms with van der Waals surface area (Å²) in [5.41, 5.74) is 4.78. The highest BCUT2D eigenvalue weighted by atomic mass is 32.2. The number of esters is 1. The van der Waals surface area contributed by atoms with E-state index in [0.717, 1.165) is 55.6 Å². The molecule has 4 rings (SSSR count). The first-order valence-electron chi connectivity index (χ1n) is 19.1. The maximum Gasteiger partial charge on any atom is 0.311 e. The Balaban J connectivity index is 1.22. The van der Waals surface area contributed by atoms with Crippen molar-refractivity contribution in [2.75, 3.05) is 31.1 Å². The van der Waals surface area contributed by atoms with Gasteiger partial charge in [-0.1, -0.05) is 96.8 Å². The van der Waals surface area contributed by atoms with E-state index in [2.05, 4.69) is 49.6 Å². The van der Waals surface area contributed by atoms with Crippen LogP contribution in [0, 0.1) is 0 Å². The highest BCUT2D eigenvalue weighted by Crippen LogP contribution is 2.52. The topological polar surface area (TPSA) is 38.8 Å². The molecule has 5 heteroatoms.